The van der Waals surface area contributed by atoms with E-state index in [-0.39, 0.29) is 32.8 Å². The summed E-state index contributed by atoms with van der Waals surface area (Å²) in [7, 11) is 0. The second-order valence-electron chi connectivity index (χ2n) is 16.4. The van der Waals surface area contributed by atoms with E-state index in [1.165, 1.54) is 58.3 Å². The number of halogens is 1. The van der Waals surface area contributed by atoms with Crippen LogP contribution in [0.25, 0.3) is 6.08 Å². The van der Waals surface area contributed by atoms with E-state index < -0.39 is 0 Å². The van der Waals surface area contributed by atoms with Crippen molar-refractivity contribution in [1.82, 2.24) is 0 Å². The summed E-state index contributed by atoms with van der Waals surface area (Å²) in [5.74, 6) is 0.176. The maximum atomic E-state index is 10.7. The first kappa shape index (κ1) is 29.4. The summed E-state index contributed by atoms with van der Waals surface area (Å²) in [6.45, 7) is 23.8. The topological polar surface area (TPSA) is 23.5 Å². The van der Waals surface area contributed by atoms with Crippen LogP contribution in [0, 0.1) is 0 Å². The number of allylic oxidation sites excluding steroid dienone is 1. The first-order valence-corrected chi connectivity index (χ1v) is 16.1. The first-order valence-electron chi connectivity index (χ1n) is 15.7. The summed E-state index contributed by atoms with van der Waals surface area (Å²) < 4.78 is 0. The Morgan fingerprint density at radius 3 is 1.67 bits per heavy atom. The molecule has 3 aromatic carbocycles. The second kappa shape index (κ2) is 9.15. The van der Waals surface area contributed by atoms with Gasteiger partial charge in [-0.25, -0.2) is 0 Å². The predicted molar refractivity (Wildman–Crippen MR) is 180 cm³/mol. The summed E-state index contributed by atoms with van der Waals surface area (Å²) in [5, 5.41) is 11.2. The van der Waals surface area contributed by atoms with Crippen LogP contribution in [0.15, 0.2) is 54.2 Å². The summed E-state index contributed by atoms with van der Waals surface area (Å²) in [6, 6.07) is 17.5. The third kappa shape index (κ3) is 4.52. The molecule has 0 radical (unpaired) electrons. The monoisotopic (exact) mass is 581 g/mol. The fourth-order valence-corrected chi connectivity index (χ4v) is 8.16. The van der Waals surface area contributed by atoms with Crippen LogP contribution in [0.1, 0.15) is 128 Å². The Hall–Kier alpha value is -2.71. The van der Waals surface area contributed by atoms with Gasteiger partial charge in [0.15, 0.2) is 0 Å². The Morgan fingerprint density at radius 2 is 1.10 bits per heavy atom. The van der Waals surface area contributed by atoms with Crippen molar-refractivity contribution in [3.8, 4) is 5.75 Å². The Morgan fingerprint density at radius 1 is 0.571 bits per heavy atom. The zero-order valence-corrected chi connectivity index (χ0v) is 28.1. The minimum absolute atomic E-state index is 0.0851. The van der Waals surface area contributed by atoms with Gasteiger partial charge in [-0.05, 0) is 111 Å². The van der Waals surface area contributed by atoms with Crippen LogP contribution >= 0.6 is 11.6 Å². The van der Waals surface area contributed by atoms with Gasteiger partial charge in [0.1, 0.15) is 5.75 Å². The van der Waals surface area contributed by atoms with Crippen LogP contribution < -0.4 is 4.90 Å². The van der Waals surface area contributed by atoms with Gasteiger partial charge < -0.3 is 10.0 Å². The van der Waals surface area contributed by atoms with Gasteiger partial charge in [-0.2, -0.15) is 0 Å². The van der Waals surface area contributed by atoms with Crippen molar-refractivity contribution in [3.05, 3.63) is 92.6 Å². The fourth-order valence-electron chi connectivity index (χ4n) is 7.93. The number of anilines is 2. The molecule has 42 heavy (non-hydrogen) atoms. The third-order valence-corrected chi connectivity index (χ3v) is 11.3. The van der Waals surface area contributed by atoms with E-state index in [9.17, 15) is 5.11 Å². The third-order valence-electron chi connectivity index (χ3n) is 11.1. The molecule has 0 fully saturated rings. The average Bonchev–Trinajstić information content (AvgIpc) is 3.13. The number of rotatable bonds is 3. The van der Waals surface area contributed by atoms with Crippen LogP contribution in [0.5, 0.6) is 5.75 Å². The van der Waals surface area contributed by atoms with Gasteiger partial charge in [0, 0.05) is 27.9 Å². The van der Waals surface area contributed by atoms with E-state index in [2.05, 4.69) is 111 Å². The van der Waals surface area contributed by atoms with Crippen molar-refractivity contribution in [2.75, 3.05) is 4.90 Å². The number of hydrogen-bond donors (Lipinski definition) is 1. The van der Waals surface area contributed by atoms with Gasteiger partial charge in [0.25, 0.3) is 0 Å². The molecular formula is C39H48ClNO. The molecule has 6 rings (SSSR count). The highest BCUT2D eigenvalue weighted by Gasteiger charge is 2.44. The molecule has 2 nitrogen and oxygen atoms in total. The Kier molecular flexibility index (Phi) is 6.40. The quantitative estimate of drug-likeness (QED) is 0.332. The lowest BCUT2D eigenvalue weighted by atomic mass is 9.62. The number of phenolic OH excluding ortho intramolecular Hbond substituents is 1. The van der Waals surface area contributed by atoms with Gasteiger partial charge >= 0.3 is 0 Å². The number of hydrogen-bond acceptors (Lipinski definition) is 2. The maximum absolute atomic E-state index is 10.7. The van der Waals surface area contributed by atoms with Gasteiger partial charge in [0.2, 0.25) is 0 Å². The molecule has 0 amide bonds. The first-order chi connectivity index (χ1) is 19.3. The molecule has 0 heterocycles. The average molecular weight is 582 g/mol. The molecule has 3 heteroatoms. The largest absolute Gasteiger partial charge is 0.508 e. The lowest BCUT2D eigenvalue weighted by Crippen LogP contribution is -2.35. The molecule has 3 aromatic rings. The number of aromatic hydroxyl groups is 1. The van der Waals surface area contributed by atoms with Crippen molar-refractivity contribution in [1.29, 1.82) is 0 Å². The number of benzene rings is 3. The van der Waals surface area contributed by atoms with Crippen LogP contribution in [-0.2, 0) is 27.1 Å². The molecule has 3 aliphatic carbocycles. The minimum Gasteiger partial charge on any atom is -0.508 e. The highest BCUT2D eigenvalue weighted by atomic mass is 35.5. The van der Waals surface area contributed by atoms with Gasteiger partial charge in [-0.15, -0.1) is 0 Å². The molecule has 0 atom stereocenters. The molecule has 3 aliphatic rings. The standard InChI is InChI=1S/C39H48ClNO/c1-35(2)13-14-37(5,6)32-22-26(11-12-29(32)35)41(27-19-25(40)20-28(42)21-27)34-18-24-17-31-33(23-30(24)39(34,9)10)38(7,8)16-15-36(31,3)4/h11-12,17-23,42H,13-16H2,1-10H3. The van der Waals surface area contributed by atoms with Crippen molar-refractivity contribution < 1.29 is 5.11 Å². The number of fused-ring (bicyclic) bond motifs is 3. The molecule has 0 saturated heterocycles. The molecule has 222 valence electrons. The van der Waals surface area contributed by atoms with E-state index in [1.54, 1.807) is 6.07 Å². The zero-order valence-electron chi connectivity index (χ0n) is 27.3. The molecule has 0 saturated carbocycles. The van der Waals surface area contributed by atoms with Gasteiger partial charge in [-0.3, -0.25) is 0 Å². The zero-order chi connectivity index (χ0) is 30.6. The van der Waals surface area contributed by atoms with E-state index >= 15 is 0 Å². The van der Waals surface area contributed by atoms with Crippen LogP contribution in [0.3, 0.4) is 0 Å². The van der Waals surface area contributed by atoms with Crippen molar-refractivity contribution in [2.24, 2.45) is 0 Å². The number of nitrogens with zero attached hydrogens (tertiary/aromatic N) is 1. The highest BCUT2D eigenvalue weighted by molar-refractivity contribution is 6.31. The Labute approximate surface area is 258 Å². The fraction of sp³-hybridized carbons (Fsp3) is 0.487. The molecular weight excluding hydrogens is 534 g/mol. The van der Waals surface area contributed by atoms with E-state index in [1.807, 2.05) is 12.1 Å². The lowest BCUT2D eigenvalue weighted by molar-refractivity contribution is 0.331. The van der Waals surface area contributed by atoms with E-state index in [0.717, 1.165) is 17.8 Å². The Balaban J connectivity index is 1.58. The normalized spacial score (nSPS) is 22.0. The molecule has 0 bridgehead atoms. The molecule has 0 aliphatic heterocycles. The molecule has 1 N–H and O–H groups in total. The summed E-state index contributed by atoms with van der Waals surface area (Å²) in [5.41, 5.74) is 12.0. The second-order valence-corrected chi connectivity index (χ2v) is 16.8. The van der Waals surface area contributed by atoms with Crippen LogP contribution in [-0.4, -0.2) is 5.11 Å². The predicted octanol–water partition coefficient (Wildman–Crippen LogP) is 11.2. The van der Waals surface area contributed by atoms with Crippen LogP contribution in [0.4, 0.5) is 11.4 Å². The minimum atomic E-state index is -0.259. The summed E-state index contributed by atoms with van der Waals surface area (Å²) in [6.07, 6.45) is 7.12. The SMILES string of the molecule is CC1(C)CCC(C)(C)c2cc(N(C3=Cc4cc5c(cc4C3(C)C)C(C)(C)CCC5(C)C)c3cc(O)cc(Cl)c3)ccc21. The maximum Gasteiger partial charge on any atom is 0.119 e. The molecule has 0 spiro atoms. The van der Waals surface area contributed by atoms with E-state index in [0.29, 0.717) is 5.02 Å². The van der Waals surface area contributed by atoms with E-state index in [4.69, 9.17) is 11.6 Å². The Bertz CT molecular complexity index is 1610. The molecule has 0 unspecified atom stereocenters. The van der Waals surface area contributed by atoms with Gasteiger partial charge in [-0.1, -0.05) is 99.0 Å². The number of phenols is 1. The lowest BCUT2D eigenvalue weighted by Gasteiger charge is -2.43. The van der Waals surface area contributed by atoms with Gasteiger partial charge in [0.05, 0.1) is 5.69 Å². The van der Waals surface area contributed by atoms with Crippen molar-refractivity contribution in [3.63, 3.8) is 0 Å². The molecule has 0 aromatic heterocycles. The van der Waals surface area contributed by atoms with Crippen LogP contribution in [0.2, 0.25) is 5.02 Å². The smallest absolute Gasteiger partial charge is 0.119 e. The summed E-state index contributed by atoms with van der Waals surface area (Å²) >= 11 is 6.59. The summed E-state index contributed by atoms with van der Waals surface area (Å²) in [4.78, 5) is 2.35. The van der Waals surface area contributed by atoms with Crippen molar-refractivity contribution in [2.45, 2.75) is 122 Å². The van der Waals surface area contributed by atoms with Crippen molar-refractivity contribution >= 4 is 29.1 Å². The highest BCUT2D eigenvalue weighted by Crippen LogP contribution is 2.54.